The number of alkyl halides is 1. The van der Waals surface area contributed by atoms with Gasteiger partial charge in [-0.25, -0.2) is 17.5 Å². The Morgan fingerprint density at radius 2 is 1.72 bits per heavy atom. The van der Waals surface area contributed by atoms with Gasteiger partial charge in [0.25, 0.3) is 0 Å². The van der Waals surface area contributed by atoms with Crippen LogP contribution in [0.2, 0.25) is 0 Å². The third kappa shape index (κ3) is 3.93. The molecule has 1 N–H and O–H groups in total. The van der Waals surface area contributed by atoms with Gasteiger partial charge in [0.1, 0.15) is 0 Å². The van der Waals surface area contributed by atoms with Crippen molar-refractivity contribution in [2.75, 3.05) is 5.75 Å². The van der Waals surface area contributed by atoms with Crippen molar-refractivity contribution in [3.05, 3.63) is 60.2 Å². The fourth-order valence-electron chi connectivity index (χ4n) is 3.58. The molecule has 0 aromatic heterocycles. The normalized spacial score (nSPS) is 23.7. The minimum atomic E-state index is -3.44. The van der Waals surface area contributed by atoms with Gasteiger partial charge in [0, 0.05) is 0 Å². The summed E-state index contributed by atoms with van der Waals surface area (Å²) in [6, 6.07) is 16.6. The number of hydrogen-bond acceptors (Lipinski definition) is 2. The van der Waals surface area contributed by atoms with Crippen LogP contribution in [-0.2, 0) is 15.7 Å². The molecule has 0 heterocycles. The highest BCUT2D eigenvalue weighted by molar-refractivity contribution is 7.89. The van der Waals surface area contributed by atoms with Crippen molar-refractivity contribution in [3.8, 4) is 11.1 Å². The molecule has 25 heavy (non-hydrogen) atoms. The first-order valence-corrected chi connectivity index (χ1v) is 10.4. The number of rotatable bonds is 6. The Hall–Kier alpha value is -1.72. The van der Waals surface area contributed by atoms with Crippen LogP contribution in [0.1, 0.15) is 38.2 Å². The van der Waals surface area contributed by atoms with Gasteiger partial charge < -0.3 is 0 Å². The van der Waals surface area contributed by atoms with Crippen molar-refractivity contribution in [2.24, 2.45) is 0 Å². The molecule has 1 fully saturated rings. The fourth-order valence-corrected chi connectivity index (χ4v) is 4.97. The average molecular weight is 361 g/mol. The molecule has 2 unspecified atom stereocenters. The number of sulfonamides is 1. The van der Waals surface area contributed by atoms with Crippen molar-refractivity contribution in [3.63, 3.8) is 0 Å². The lowest BCUT2D eigenvalue weighted by Gasteiger charge is -2.28. The largest absolute Gasteiger partial charge is 0.237 e. The molecule has 3 nitrogen and oxygen atoms in total. The monoisotopic (exact) mass is 361 g/mol. The van der Waals surface area contributed by atoms with E-state index in [1.54, 1.807) is 19.1 Å². The molecular weight excluding hydrogens is 337 g/mol. The number of hydrogen-bond donors (Lipinski definition) is 1. The third-order valence-corrected chi connectivity index (χ3v) is 6.44. The van der Waals surface area contributed by atoms with Crippen molar-refractivity contribution in [1.29, 1.82) is 0 Å². The second-order valence-corrected chi connectivity index (χ2v) is 8.56. The first kappa shape index (κ1) is 18.1. The highest BCUT2D eigenvalue weighted by Crippen LogP contribution is 2.43. The molecule has 5 heteroatoms. The summed E-state index contributed by atoms with van der Waals surface area (Å²) < 4.78 is 42.4. The predicted octanol–water partition coefficient (Wildman–Crippen LogP) is 4.40. The summed E-state index contributed by atoms with van der Waals surface area (Å²) in [5, 5.41) is 0. The number of benzene rings is 2. The first-order valence-electron chi connectivity index (χ1n) is 8.79. The zero-order valence-electron chi connectivity index (χ0n) is 14.4. The van der Waals surface area contributed by atoms with Crippen molar-refractivity contribution < 1.29 is 12.8 Å². The van der Waals surface area contributed by atoms with E-state index in [0.717, 1.165) is 11.1 Å². The first-order chi connectivity index (χ1) is 11.9. The zero-order chi connectivity index (χ0) is 17.9. The van der Waals surface area contributed by atoms with Crippen LogP contribution < -0.4 is 4.72 Å². The van der Waals surface area contributed by atoms with Gasteiger partial charge in [0.2, 0.25) is 10.0 Å². The second kappa shape index (κ2) is 7.26. The SMILES string of the molecule is CCCS(=O)(=O)NC1CCCC1(F)c1ccc(-c2ccccc2)cc1. The lowest BCUT2D eigenvalue weighted by molar-refractivity contribution is 0.142. The number of nitrogens with one attached hydrogen (secondary N) is 1. The molecule has 0 radical (unpaired) electrons. The molecule has 0 bridgehead atoms. The maximum Gasteiger partial charge on any atom is 0.211 e. The van der Waals surface area contributed by atoms with E-state index in [4.69, 9.17) is 0 Å². The van der Waals surface area contributed by atoms with Crippen LogP contribution in [0.5, 0.6) is 0 Å². The van der Waals surface area contributed by atoms with Crippen LogP contribution in [0.25, 0.3) is 11.1 Å². The highest BCUT2D eigenvalue weighted by atomic mass is 32.2. The number of halogens is 1. The molecular formula is C20H24FNO2S. The Kier molecular flexibility index (Phi) is 5.25. The van der Waals surface area contributed by atoms with Crippen LogP contribution in [0.4, 0.5) is 4.39 Å². The van der Waals surface area contributed by atoms with Crippen LogP contribution in [0.3, 0.4) is 0 Å². The second-order valence-electron chi connectivity index (χ2n) is 6.69. The maximum atomic E-state index is 15.7. The summed E-state index contributed by atoms with van der Waals surface area (Å²) in [5.74, 6) is 0.0343. The summed E-state index contributed by atoms with van der Waals surface area (Å²) in [4.78, 5) is 0. The smallest absolute Gasteiger partial charge is 0.211 e. The molecule has 2 aromatic rings. The van der Waals surface area contributed by atoms with E-state index in [9.17, 15) is 8.42 Å². The Bertz CT molecular complexity index is 805. The molecule has 2 aromatic carbocycles. The van der Waals surface area contributed by atoms with Gasteiger partial charge in [-0.15, -0.1) is 0 Å². The molecule has 1 saturated carbocycles. The molecule has 1 aliphatic rings. The van der Waals surface area contributed by atoms with Gasteiger partial charge in [-0.3, -0.25) is 0 Å². The molecule has 0 amide bonds. The fraction of sp³-hybridized carbons (Fsp3) is 0.400. The molecule has 134 valence electrons. The van der Waals surface area contributed by atoms with Crippen molar-refractivity contribution in [2.45, 2.75) is 44.3 Å². The van der Waals surface area contributed by atoms with Crippen LogP contribution in [0.15, 0.2) is 54.6 Å². The summed E-state index contributed by atoms with van der Waals surface area (Å²) >= 11 is 0. The van der Waals surface area contributed by atoms with Gasteiger partial charge in [-0.2, -0.15) is 0 Å². The Morgan fingerprint density at radius 1 is 1.08 bits per heavy atom. The summed E-state index contributed by atoms with van der Waals surface area (Å²) in [6.07, 6.45) is 2.07. The molecule has 0 aliphatic heterocycles. The molecule has 0 saturated heterocycles. The van der Waals surface area contributed by atoms with Crippen LogP contribution in [-0.4, -0.2) is 20.2 Å². The van der Waals surface area contributed by atoms with E-state index in [2.05, 4.69) is 4.72 Å². The third-order valence-electron chi connectivity index (χ3n) is 4.85. The van der Waals surface area contributed by atoms with Crippen molar-refractivity contribution >= 4 is 10.0 Å². The van der Waals surface area contributed by atoms with E-state index >= 15 is 4.39 Å². The van der Waals surface area contributed by atoms with E-state index < -0.39 is 21.7 Å². The standard InChI is InChI=1S/C20H24FNO2S/c1-2-15-25(23,24)22-19-9-6-14-20(19,21)18-12-10-17(11-13-18)16-7-4-3-5-8-16/h3-5,7-8,10-13,19,22H,2,6,9,14-15H2,1H3. The Morgan fingerprint density at radius 3 is 2.36 bits per heavy atom. The van der Waals surface area contributed by atoms with E-state index in [1.165, 1.54) is 0 Å². The quantitative estimate of drug-likeness (QED) is 0.829. The molecule has 2 atom stereocenters. The Labute approximate surface area is 149 Å². The van der Waals surface area contributed by atoms with Crippen molar-refractivity contribution in [1.82, 2.24) is 4.72 Å². The summed E-state index contributed by atoms with van der Waals surface area (Å²) in [6.45, 7) is 1.80. The minimum Gasteiger partial charge on any atom is -0.237 e. The van der Waals surface area contributed by atoms with Crippen LogP contribution in [0, 0.1) is 0 Å². The topological polar surface area (TPSA) is 46.2 Å². The van der Waals surface area contributed by atoms with E-state index in [0.29, 0.717) is 31.2 Å². The van der Waals surface area contributed by atoms with E-state index in [1.807, 2.05) is 42.5 Å². The zero-order valence-corrected chi connectivity index (χ0v) is 15.2. The Balaban J connectivity index is 1.84. The lowest BCUT2D eigenvalue weighted by Crippen LogP contribution is -2.45. The van der Waals surface area contributed by atoms with Gasteiger partial charge >= 0.3 is 0 Å². The highest BCUT2D eigenvalue weighted by Gasteiger charge is 2.46. The molecule has 0 spiro atoms. The molecule has 1 aliphatic carbocycles. The van der Waals surface area contributed by atoms with Gasteiger partial charge in [-0.1, -0.05) is 61.5 Å². The van der Waals surface area contributed by atoms with Gasteiger partial charge in [-0.05, 0) is 42.4 Å². The summed E-state index contributed by atoms with van der Waals surface area (Å²) in [7, 11) is -3.44. The average Bonchev–Trinajstić information content (AvgIpc) is 2.97. The lowest BCUT2D eigenvalue weighted by atomic mass is 9.90. The molecule has 3 rings (SSSR count). The van der Waals surface area contributed by atoms with Gasteiger partial charge in [0.05, 0.1) is 11.8 Å². The summed E-state index contributed by atoms with van der Waals surface area (Å²) in [5.41, 5.74) is 1.01. The van der Waals surface area contributed by atoms with E-state index in [-0.39, 0.29) is 5.75 Å². The van der Waals surface area contributed by atoms with Crippen LogP contribution >= 0.6 is 0 Å². The maximum absolute atomic E-state index is 15.7. The van der Waals surface area contributed by atoms with Gasteiger partial charge in [0.15, 0.2) is 5.67 Å². The predicted molar refractivity (Wildman–Crippen MR) is 99.5 cm³/mol. The minimum absolute atomic E-state index is 0.0343.